The molecule has 218 valence electrons. The zero-order valence-corrected chi connectivity index (χ0v) is 25.0. The van der Waals surface area contributed by atoms with Gasteiger partial charge < -0.3 is 24.2 Å². The molecular weight excluding hydrogens is 528 g/mol. The number of carbonyl (C=O) groups is 2. The molecule has 0 saturated carbocycles. The van der Waals surface area contributed by atoms with Gasteiger partial charge in [-0.3, -0.25) is 14.5 Å². The van der Waals surface area contributed by atoms with Crippen LogP contribution in [0.5, 0.6) is 11.5 Å². The quantitative estimate of drug-likeness (QED) is 0.347. The maximum absolute atomic E-state index is 14.1. The summed E-state index contributed by atoms with van der Waals surface area (Å²) in [7, 11) is 9.15. The number of benzene rings is 3. The van der Waals surface area contributed by atoms with Crippen LogP contribution < -0.4 is 14.4 Å². The molecular formula is C34H38N4O4. The molecule has 0 spiro atoms. The zero-order chi connectivity index (χ0) is 29.8. The Hall–Kier alpha value is -4.56. The molecule has 5 rings (SSSR count). The second-order valence-corrected chi connectivity index (χ2v) is 10.8. The average molecular weight is 567 g/mol. The van der Waals surface area contributed by atoms with Crippen molar-refractivity contribution in [2.75, 3.05) is 53.4 Å². The summed E-state index contributed by atoms with van der Waals surface area (Å²) in [6, 6.07) is 21.1. The molecule has 0 N–H and O–H groups in total. The van der Waals surface area contributed by atoms with Gasteiger partial charge >= 0.3 is 0 Å². The maximum atomic E-state index is 14.1. The van der Waals surface area contributed by atoms with Gasteiger partial charge in [0.25, 0.3) is 11.8 Å². The van der Waals surface area contributed by atoms with Gasteiger partial charge in [-0.05, 0) is 69.0 Å². The van der Waals surface area contributed by atoms with Crippen LogP contribution in [-0.4, -0.2) is 75.0 Å². The summed E-state index contributed by atoms with van der Waals surface area (Å²) >= 11 is 0. The number of methoxy groups -OCH3 is 2. The number of hydrogen-bond acceptors (Lipinski definition) is 6. The summed E-state index contributed by atoms with van der Waals surface area (Å²) in [5, 5.41) is 0. The third kappa shape index (κ3) is 5.76. The van der Waals surface area contributed by atoms with E-state index in [1.807, 2.05) is 99.0 Å². The number of ether oxygens (including phenoxy) is 2. The molecule has 0 radical (unpaired) electrons. The fourth-order valence-corrected chi connectivity index (χ4v) is 5.50. The van der Waals surface area contributed by atoms with E-state index in [4.69, 9.17) is 9.47 Å². The van der Waals surface area contributed by atoms with Gasteiger partial charge in [0.15, 0.2) is 0 Å². The van der Waals surface area contributed by atoms with E-state index < -0.39 is 0 Å². The molecule has 2 heterocycles. The predicted molar refractivity (Wildman–Crippen MR) is 165 cm³/mol. The standard InChI is InChI=1S/C34H38N4O4/c1-35(2)19-10-20-36(3)34(40)30-18-16-26-23-38(29-13-8-6-11-25(29)22-37(26)30)33(39)24-15-17-28(32(21-24)42-5)27-12-7-9-14-31(27)41-4/h6-9,11-15,17-18,21,23H,10,16,19-20,22H2,1-5H3. The maximum Gasteiger partial charge on any atom is 0.269 e. The smallest absolute Gasteiger partial charge is 0.269 e. The van der Waals surface area contributed by atoms with E-state index in [9.17, 15) is 9.59 Å². The highest BCUT2D eigenvalue weighted by molar-refractivity contribution is 6.08. The summed E-state index contributed by atoms with van der Waals surface area (Å²) in [5.41, 5.74) is 5.53. The largest absolute Gasteiger partial charge is 0.496 e. The van der Waals surface area contributed by atoms with Gasteiger partial charge in [0.05, 0.1) is 26.5 Å². The van der Waals surface area contributed by atoms with Crippen LogP contribution in [0.25, 0.3) is 11.1 Å². The van der Waals surface area contributed by atoms with Crippen molar-refractivity contribution in [3.05, 3.63) is 102 Å². The SMILES string of the molecule is COc1ccccc1-c1ccc(C(=O)N2C=C3CC=C(C(=O)N(C)CCCN(C)C)N3Cc3ccccc32)cc1OC. The molecule has 8 nitrogen and oxygen atoms in total. The first kappa shape index (κ1) is 29.0. The number of para-hydroxylation sites is 2. The fraction of sp³-hybridized carbons (Fsp3) is 0.294. The highest BCUT2D eigenvalue weighted by Gasteiger charge is 2.33. The number of hydrogen-bond donors (Lipinski definition) is 0. The molecule has 42 heavy (non-hydrogen) atoms. The molecule has 2 aliphatic rings. The first-order valence-electron chi connectivity index (χ1n) is 14.1. The number of amides is 2. The van der Waals surface area contributed by atoms with Gasteiger partial charge in [-0.25, -0.2) is 0 Å². The number of fused-ring (bicyclic) bond motifs is 2. The lowest BCUT2D eigenvalue weighted by Crippen LogP contribution is -2.35. The molecule has 0 fully saturated rings. The molecule has 0 aromatic heterocycles. The third-order valence-electron chi connectivity index (χ3n) is 7.73. The average Bonchev–Trinajstić information content (AvgIpc) is 3.32. The minimum Gasteiger partial charge on any atom is -0.496 e. The van der Waals surface area contributed by atoms with Crippen LogP contribution in [0, 0.1) is 0 Å². The molecule has 0 atom stereocenters. The predicted octanol–water partition coefficient (Wildman–Crippen LogP) is 5.37. The van der Waals surface area contributed by atoms with Crippen molar-refractivity contribution in [2.45, 2.75) is 19.4 Å². The number of anilines is 1. The van der Waals surface area contributed by atoms with Crippen molar-refractivity contribution >= 4 is 17.5 Å². The first-order chi connectivity index (χ1) is 20.3. The second kappa shape index (κ2) is 12.5. The van der Waals surface area contributed by atoms with Crippen LogP contribution in [0.2, 0.25) is 0 Å². The summed E-state index contributed by atoms with van der Waals surface area (Å²) in [5.74, 6) is 1.12. The van der Waals surface area contributed by atoms with Crippen LogP contribution in [0.15, 0.2) is 90.4 Å². The van der Waals surface area contributed by atoms with Crippen molar-refractivity contribution in [3.8, 4) is 22.6 Å². The van der Waals surface area contributed by atoms with Gasteiger partial charge in [0.2, 0.25) is 0 Å². The van der Waals surface area contributed by atoms with Gasteiger partial charge in [-0.1, -0.05) is 36.4 Å². The Labute approximate surface area is 248 Å². The Kier molecular flexibility index (Phi) is 8.64. The number of nitrogens with zero attached hydrogens (tertiary/aromatic N) is 4. The van der Waals surface area contributed by atoms with Gasteiger partial charge in [0.1, 0.15) is 17.2 Å². The Morgan fingerprint density at radius 3 is 2.33 bits per heavy atom. The van der Waals surface area contributed by atoms with Crippen LogP contribution in [-0.2, 0) is 11.3 Å². The number of likely N-dealkylation sites (N-methyl/N-ethyl adjacent to an activating group) is 1. The van der Waals surface area contributed by atoms with E-state index in [1.165, 1.54) is 0 Å². The van der Waals surface area contributed by atoms with E-state index in [0.29, 0.717) is 36.5 Å². The van der Waals surface area contributed by atoms with Crippen LogP contribution in [0.3, 0.4) is 0 Å². The minimum atomic E-state index is -0.178. The van der Waals surface area contributed by atoms with Crippen LogP contribution in [0.4, 0.5) is 5.69 Å². The Morgan fingerprint density at radius 2 is 1.57 bits per heavy atom. The minimum absolute atomic E-state index is 0.00826. The molecule has 3 aromatic rings. The van der Waals surface area contributed by atoms with Gasteiger partial charge in [-0.15, -0.1) is 0 Å². The molecule has 2 aliphatic heterocycles. The second-order valence-electron chi connectivity index (χ2n) is 10.8. The lowest BCUT2D eigenvalue weighted by molar-refractivity contribution is -0.127. The van der Waals surface area contributed by atoms with Crippen molar-refractivity contribution in [1.82, 2.24) is 14.7 Å². The highest BCUT2D eigenvalue weighted by atomic mass is 16.5. The Bertz CT molecular complexity index is 1540. The molecule has 2 amide bonds. The summed E-state index contributed by atoms with van der Waals surface area (Å²) in [6.45, 7) is 2.10. The molecule has 0 bridgehead atoms. The van der Waals surface area contributed by atoms with E-state index in [0.717, 1.165) is 46.8 Å². The molecule has 0 aliphatic carbocycles. The van der Waals surface area contributed by atoms with Crippen molar-refractivity contribution in [3.63, 3.8) is 0 Å². The third-order valence-corrected chi connectivity index (χ3v) is 7.73. The summed E-state index contributed by atoms with van der Waals surface area (Å²) in [6.07, 6.45) is 5.31. The van der Waals surface area contributed by atoms with Crippen LogP contribution in [0.1, 0.15) is 28.8 Å². The lowest BCUT2D eigenvalue weighted by Gasteiger charge is -2.26. The molecule has 8 heteroatoms. The molecule has 0 unspecified atom stereocenters. The summed E-state index contributed by atoms with van der Waals surface area (Å²) < 4.78 is 11.3. The number of allylic oxidation sites excluding steroid dienone is 1. The number of carbonyl (C=O) groups excluding carboxylic acids is 2. The zero-order valence-electron chi connectivity index (χ0n) is 25.0. The van der Waals surface area contributed by atoms with Gasteiger partial charge in [0, 0.05) is 48.6 Å². The topological polar surface area (TPSA) is 65.6 Å². The van der Waals surface area contributed by atoms with Crippen molar-refractivity contribution in [1.29, 1.82) is 0 Å². The Morgan fingerprint density at radius 1 is 0.857 bits per heavy atom. The lowest BCUT2D eigenvalue weighted by atomic mass is 10.0. The number of rotatable bonds is 9. The van der Waals surface area contributed by atoms with E-state index in [-0.39, 0.29) is 11.8 Å². The molecule has 3 aromatic carbocycles. The summed E-state index contributed by atoms with van der Waals surface area (Å²) in [4.78, 5) is 35.2. The van der Waals surface area contributed by atoms with E-state index in [1.54, 1.807) is 30.1 Å². The Balaban J connectivity index is 1.45. The monoisotopic (exact) mass is 566 g/mol. The van der Waals surface area contributed by atoms with Crippen LogP contribution >= 0.6 is 0 Å². The fourth-order valence-electron chi connectivity index (χ4n) is 5.50. The first-order valence-corrected chi connectivity index (χ1v) is 14.1. The highest BCUT2D eigenvalue weighted by Crippen LogP contribution is 2.39. The normalized spacial score (nSPS) is 14.0. The van der Waals surface area contributed by atoms with Gasteiger partial charge in [-0.2, -0.15) is 0 Å². The van der Waals surface area contributed by atoms with E-state index >= 15 is 0 Å². The van der Waals surface area contributed by atoms with Crippen molar-refractivity contribution < 1.29 is 19.1 Å². The van der Waals surface area contributed by atoms with E-state index in [2.05, 4.69) is 4.90 Å². The molecule has 0 saturated heterocycles. The van der Waals surface area contributed by atoms with Crippen molar-refractivity contribution in [2.24, 2.45) is 0 Å².